The van der Waals surface area contributed by atoms with Crippen LogP contribution < -0.4 is 4.74 Å². The third-order valence-electron chi connectivity index (χ3n) is 3.24. The molecule has 0 aliphatic carbocycles. The monoisotopic (exact) mass is 339 g/mol. The van der Waals surface area contributed by atoms with Crippen molar-refractivity contribution in [3.05, 3.63) is 23.8 Å². The van der Waals surface area contributed by atoms with Crippen molar-refractivity contribution in [3.8, 4) is 11.5 Å². The van der Waals surface area contributed by atoms with Crippen molar-refractivity contribution in [2.45, 2.75) is 12.5 Å². The second kappa shape index (κ2) is 8.33. The predicted molar refractivity (Wildman–Crippen MR) is 89.8 cm³/mol. The molecule has 23 heavy (non-hydrogen) atoms. The number of ether oxygens (including phenoxy) is 3. The molecule has 1 atom stereocenters. The number of phenols is 1. The third-order valence-corrected chi connectivity index (χ3v) is 4.55. The number of rotatable bonds is 9. The second-order valence-corrected chi connectivity index (χ2v) is 6.28. The zero-order valence-corrected chi connectivity index (χ0v) is 14.1. The van der Waals surface area contributed by atoms with Crippen molar-refractivity contribution < 1.29 is 24.1 Å². The average Bonchev–Trinajstić information content (AvgIpc) is 2.94. The summed E-state index contributed by atoms with van der Waals surface area (Å²) in [5, 5.41) is 10.8. The van der Waals surface area contributed by atoms with E-state index in [-0.39, 0.29) is 5.75 Å². The first-order valence-electron chi connectivity index (χ1n) is 7.30. The molecule has 1 heterocycles. The summed E-state index contributed by atoms with van der Waals surface area (Å²) < 4.78 is 15.7. The lowest BCUT2D eigenvalue weighted by atomic mass is 10.1. The molecule has 0 unspecified atom stereocenters. The van der Waals surface area contributed by atoms with E-state index >= 15 is 0 Å². The molecule has 0 radical (unpaired) electrons. The van der Waals surface area contributed by atoms with Gasteiger partial charge in [0.2, 0.25) is 0 Å². The van der Waals surface area contributed by atoms with E-state index in [4.69, 9.17) is 14.2 Å². The predicted octanol–water partition coefficient (Wildman–Crippen LogP) is 1.89. The lowest BCUT2D eigenvalue weighted by Gasteiger charge is -2.10. The number of aldehydes is 1. The molecule has 0 saturated heterocycles. The Balaban J connectivity index is 1.91. The second-order valence-electron chi connectivity index (χ2n) is 5.31. The van der Waals surface area contributed by atoms with E-state index in [0.717, 1.165) is 6.29 Å². The number of hydrogen-bond donors (Lipinski definition) is 1. The highest BCUT2D eigenvalue weighted by Crippen LogP contribution is 2.34. The maximum Gasteiger partial charge on any atom is 0.148 e. The van der Waals surface area contributed by atoms with E-state index in [0.29, 0.717) is 48.5 Å². The van der Waals surface area contributed by atoms with Crippen LogP contribution in [0, 0.1) is 0 Å². The highest BCUT2D eigenvalue weighted by molar-refractivity contribution is 8.14. The summed E-state index contributed by atoms with van der Waals surface area (Å²) in [6, 6.07) is 5.06. The van der Waals surface area contributed by atoms with Crippen LogP contribution in [-0.2, 0) is 14.3 Å². The fraction of sp³-hybridized carbons (Fsp3) is 0.500. The van der Waals surface area contributed by atoms with Gasteiger partial charge < -0.3 is 24.1 Å². The maximum atomic E-state index is 11.0. The molecule has 0 amide bonds. The van der Waals surface area contributed by atoms with Gasteiger partial charge in [0, 0.05) is 24.5 Å². The van der Waals surface area contributed by atoms with Gasteiger partial charge >= 0.3 is 0 Å². The van der Waals surface area contributed by atoms with Gasteiger partial charge in [0.1, 0.15) is 35.0 Å². The fourth-order valence-corrected chi connectivity index (χ4v) is 3.12. The Hall–Kier alpha value is -1.57. The zero-order chi connectivity index (χ0) is 16.7. The van der Waals surface area contributed by atoms with Gasteiger partial charge in [-0.1, -0.05) is 0 Å². The number of aliphatic imine (C=N–C) groups is 1. The molecule has 0 aromatic heterocycles. The van der Waals surface area contributed by atoms with E-state index in [2.05, 4.69) is 4.99 Å². The summed E-state index contributed by atoms with van der Waals surface area (Å²) in [5.41, 5.74) is -0.0921. The molecule has 1 aliphatic heterocycles. The van der Waals surface area contributed by atoms with Crippen LogP contribution in [0.5, 0.6) is 11.5 Å². The number of phenolic OH excluding ortho intramolecular Hbond substituents is 1. The van der Waals surface area contributed by atoms with E-state index in [9.17, 15) is 9.90 Å². The SMILES string of the molecule is COCCOCCOc1ccc(C2=N[C@@](C)(C=O)CS2)c(O)c1. The van der Waals surface area contributed by atoms with Gasteiger partial charge in [0.25, 0.3) is 0 Å². The third kappa shape index (κ3) is 4.95. The summed E-state index contributed by atoms with van der Waals surface area (Å²) in [5.74, 6) is 1.23. The fourth-order valence-electron chi connectivity index (χ4n) is 1.95. The minimum atomic E-state index is -0.707. The maximum absolute atomic E-state index is 11.0. The normalized spacial score (nSPS) is 20.3. The quantitative estimate of drug-likeness (QED) is 0.547. The van der Waals surface area contributed by atoms with Crippen LogP contribution in [0.3, 0.4) is 0 Å². The Bertz CT molecular complexity index is 578. The standard InChI is InChI=1S/C16H21NO5S/c1-16(10-18)11-23-15(17-16)13-4-3-12(9-14(13)19)22-8-7-21-6-5-20-2/h3-4,9-10,19H,5-8,11H2,1-2H3/t16-/m0/s1. The molecule has 2 rings (SSSR count). The number of thioether (sulfide) groups is 1. The van der Waals surface area contributed by atoms with Gasteiger partial charge in [0.15, 0.2) is 0 Å². The van der Waals surface area contributed by atoms with Crippen molar-refractivity contribution in [2.75, 3.05) is 39.3 Å². The van der Waals surface area contributed by atoms with Gasteiger partial charge in [-0.05, 0) is 19.1 Å². The van der Waals surface area contributed by atoms with Crippen LogP contribution in [0.4, 0.5) is 0 Å². The summed E-state index contributed by atoms with van der Waals surface area (Å²) in [6.45, 7) is 3.69. The molecule has 0 bridgehead atoms. The van der Waals surface area contributed by atoms with E-state index in [1.807, 2.05) is 0 Å². The Morgan fingerprint density at radius 1 is 1.35 bits per heavy atom. The molecule has 7 heteroatoms. The average molecular weight is 339 g/mol. The van der Waals surface area contributed by atoms with Crippen molar-refractivity contribution in [3.63, 3.8) is 0 Å². The Labute approximate surface area is 139 Å². The highest BCUT2D eigenvalue weighted by atomic mass is 32.2. The topological polar surface area (TPSA) is 77.3 Å². The van der Waals surface area contributed by atoms with Crippen molar-refractivity contribution >= 4 is 23.1 Å². The molecule has 0 fully saturated rings. The molecule has 0 spiro atoms. The van der Waals surface area contributed by atoms with Crippen LogP contribution in [0.2, 0.25) is 0 Å². The summed E-state index contributed by atoms with van der Waals surface area (Å²) in [6.07, 6.45) is 0.838. The number of hydrogen-bond acceptors (Lipinski definition) is 7. The van der Waals surface area contributed by atoms with Crippen molar-refractivity contribution in [2.24, 2.45) is 4.99 Å². The van der Waals surface area contributed by atoms with Crippen LogP contribution in [-0.4, -0.2) is 61.3 Å². The van der Waals surface area contributed by atoms with Gasteiger partial charge in [-0.25, -0.2) is 0 Å². The molecular formula is C16H21NO5S. The van der Waals surface area contributed by atoms with Crippen LogP contribution >= 0.6 is 11.8 Å². The lowest BCUT2D eigenvalue weighted by Crippen LogP contribution is -2.23. The molecule has 0 saturated carbocycles. The number of aromatic hydroxyl groups is 1. The molecular weight excluding hydrogens is 318 g/mol. The Morgan fingerprint density at radius 2 is 2.13 bits per heavy atom. The minimum absolute atomic E-state index is 0.0872. The van der Waals surface area contributed by atoms with E-state index in [1.165, 1.54) is 11.8 Å². The molecule has 6 nitrogen and oxygen atoms in total. The first-order valence-corrected chi connectivity index (χ1v) is 8.28. The Morgan fingerprint density at radius 3 is 2.78 bits per heavy atom. The van der Waals surface area contributed by atoms with Crippen molar-refractivity contribution in [1.29, 1.82) is 0 Å². The number of carbonyl (C=O) groups excluding carboxylic acids is 1. The van der Waals surface area contributed by atoms with Gasteiger partial charge in [-0.3, -0.25) is 4.99 Å². The van der Waals surface area contributed by atoms with Gasteiger partial charge in [0.05, 0.1) is 19.8 Å². The number of methoxy groups -OCH3 is 1. The van der Waals surface area contributed by atoms with Crippen molar-refractivity contribution in [1.82, 2.24) is 0 Å². The van der Waals surface area contributed by atoms with E-state index in [1.54, 1.807) is 32.2 Å². The Kier molecular flexibility index (Phi) is 6.44. The van der Waals surface area contributed by atoms with Crippen LogP contribution in [0.1, 0.15) is 12.5 Å². The van der Waals surface area contributed by atoms with Gasteiger partial charge in [-0.15, -0.1) is 11.8 Å². The zero-order valence-electron chi connectivity index (χ0n) is 13.3. The first-order chi connectivity index (χ1) is 11.1. The molecule has 1 aromatic rings. The molecule has 1 aromatic carbocycles. The number of nitrogens with zero attached hydrogens (tertiary/aromatic N) is 1. The van der Waals surface area contributed by atoms with E-state index < -0.39 is 5.54 Å². The first kappa shape index (κ1) is 17.8. The summed E-state index contributed by atoms with van der Waals surface area (Å²) in [7, 11) is 1.62. The lowest BCUT2D eigenvalue weighted by molar-refractivity contribution is -0.110. The smallest absolute Gasteiger partial charge is 0.148 e. The van der Waals surface area contributed by atoms with Crippen LogP contribution in [0.25, 0.3) is 0 Å². The summed E-state index contributed by atoms with van der Waals surface area (Å²) >= 11 is 1.46. The highest BCUT2D eigenvalue weighted by Gasteiger charge is 2.31. The number of benzene rings is 1. The molecule has 126 valence electrons. The summed E-state index contributed by atoms with van der Waals surface area (Å²) in [4.78, 5) is 15.4. The largest absolute Gasteiger partial charge is 0.507 e. The number of carbonyl (C=O) groups is 1. The molecule has 1 aliphatic rings. The van der Waals surface area contributed by atoms with Crippen LogP contribution in [0.15, 0.2) is 23.2 Å². The minimum Gasteiger partial charge on any atom is -0.507 e. The molecule has 1 N–H and O–H groups in total. The van der Waals surface area contributed by atoms with Gasteiger partial charge in [-0.2, -0.15) is 0 Å².